The molecule has 146 valence electrons. The molecule has 0 aliphatic carbocycles. The van der Waals surface area contributed by atoms with Crippen molar-refractivity contribution in [2.45, 2.75) is 44.0 Å². The van der Waals surface area contributed by atoms with Crippen LogP contribution in [0.2, 0.25) is 0 Å². The SMILES string of the molecule is Cc1ccc(S(=O)(=O)N2CCCCC2)cc1C(=O)N1CCNC[C@@H]1C.Cl. The van der Waals surface area contributed by atoms with Crippen LogP contribution in [-0.4, -0.2) is 62.3 Å². The second kappa shape index (κ2) is 8.69. The van der Waals surface area contributed by atoms with Crippen LogP contribution in [0.1, 0.15) is 42.1 Å². The fourth-order valence-electron chi connectivity index (χ4n) is 3.54. The zero-order valence-corrected chi connectivity index (χ0v) is 17.0. The molecule has 2 heterocycles. The summed E-state index contributed by atoms with van der Waals surface area (Å²) in [5.41, 5.74) is 1.31. The van der Waals surface area contributed by atoms with Gasteiger partial charge in [0.1, 0.15) is 0 Å². The lowest BCUT2D eigenvalue weighted by molar-refractivity contribution is 0.0654. The van der Waals surface area contributed by atoms with E-state index in [4.69, 9.17) is 0 Å². The predicted molar refractivity (Wildman–Crippen MR) is 104 cm³/mol. The Balaban J connectivity index is 0.00000243. The van der Waals surface area contributed by atoms with Crippen molar-refractivity contribution in [3.05, 3.63) is 29.3 Å². The van der Waals surface area contributed by atoms with Crippen LogP contribution in [-0.2, 0) is 10.0 Å². The van der Waals surface area contributed by atoms with E-state index < -0.39 is 10.0 Å². The molecule has 3 rings (SSSR count). The first-order valence-electron chi connectivity index (χ1n) is 9.04. The molecule has 2 fully saturated rings. The highest BCUT2D eigenvalue weighted by Crippen LogP contribution is 2.24. The fraction of sp³-hybridized carbons (Fsp3) is 0.611. The van der Waals surface area contributed by atoms with E-state index in [-0.39, 0.29) is 29.3 Å². The van der Waals surface area contributed by atoms with Crippen LogP contribution in [0.25, 0.3) is 0 Å². The van der Waals surface area contributed by atoms with Gasteiger partial charge in [-0.3, -0.25) is 4.79 Å². The fourth-order valence-corrected chi connectivity index (χ4v) is 5.09. The number of nitrogens with zero attached hydrogens (tertiary/aromatic N) is 2. The lowest BCUT2D eigenvalue weighted by atomic mass is 10.1. The van der Waals surface area contributed by atoms with E-state index in [0.717, 1.165) is 37.9 Å². The van der Waals surface area contributed by atoms with Crippen LogP contribution in [0, 0.1) is 6.92 Å². The van der Waals surface area contributed by atoms with Crippen LogP contribution in [0.4, 0.5) is 0 Å². The molecule has 2 aliphatic heterocycles. The van der Waals surface area contributed by atoms with Gasteiger partial charge in [-0.2, -0.15) is 4.31 Å². The summed E-state index contributed by atoms with van der Waals surface area (Å²) in [7, 11) is -3.53. The molecule has 1 N–H and O–H groups in total. The molecule has 6 nitrogen and oxygen atoms in total. The van der Waals surface area contributed by atoms with Crippen molar-refractivity contribution < 1.29 is 13.2 Å². The average molecular weight is 402 g/mol. The van der Waals surface area contributed by atoms with Gasteiger partial charge in [0, 0.05) is 44.3 Å². The Bertz CT molecular complexity index is 748. The number of amides is 1. The Labute approximate surface area is 162 Å². The van der Waals surface area contributed by atoms with Crippen molar-refractivity contribution in [1.82, 2.24) is 14.5 Å². The highest BCUT2D eigenvalue weighted by Gasteiger charge is 2.29. The standard InChI is InChI=1S/C18H27N3O3S.ClH/c1-14-6-7-16(25(23,24)20-9-4-3-5-10-20)12-17(14)18(22)21-11-8-19-13-15(21)2;/h6-7,12,15,19H,3-5,8-11,13H2,1-2H3;1H/t15-;/m0./s1. The van der Waals surface area contributed by atoms with Gasteiger partial charge >= 0.3 is 0 Å². The van der Waals surface area contributed by atoms with Crippen LogP contribution in [0.15, 0.2) is 23.1 Å². The first-order chi connectivity index (χ1) is 11.9. The number of rotatable bonds is 3. The number of benzene rings is 1. The summed E-state index contributed by atoms with van der Waals surface area (Å²) >= 11 is 0. The minimum absolute atomic E-state index is 0. The molecule has 0 radical (unpaired) electrons. The quantitative estimate of drug-likeness (QED) is 0.841. The van der Waals surface area contributed by atoms with Gasteiger partial charge in [0.2, 0.25) is 10.0 Å². The zero-order valence-electron chi connectivity index (χ0n) is 15.4. The van der Waals surface area contributed by atoms with Gasteiger partial charge < -0.3 is 10.2 Å². The van der Waals surface area contributed by atoms with Crippen LogP contribution in [0.5, 0.6) is 0 Å². The molecule has 26 heavy (non-hydrogen) atoms. The molecule has 0 aromatic heterocycles. The third-order valence-electron chi connectivity index (χ3n) is 5.15. The number of nitrogens with one attached hydrogen (secondary N) is 1. The monoisotopic (exact) mass is 401 g/mol. The number of piperidine rings is 1. The molecule has 0 unspecified atom stereocenters. The number of halogens is 1. The van der Waals surface area contributed by atoms with Crippen molar-refractivity contribution in [2.75, 3.05) is 32.7 Å². The Hall–Kier alpha value is -1.15. The molecule has 1 aromatic carbocycles. The van der Waals surface area contributed by atoms with E-state index in [2.05, 4.69) is 5.32 Å². The van der Waals surface area contributed by atoms with Crippen molar-refractivity contribution >= 4 is 28.3 Å². The first kappa shape index (κ1) is 21.2. The van der Waals surface area contributed by atoms with Gasteiger partial charge in [0.05, 0.1) is 4.90 Å². The summed E-state index contributed by atoms with van der Waals surface area (Å²) in [6.45, 7) is 7.16. The lowest BCUT2D eigenvalue weighted by Gasteiger charge is -2.34. The minimum atomic E-state index is -3.53. The van der Waals surface area contributed by atoms with Crippen LogP contribution >= 0.6 is 12.4 Å². The summed E-state index contributed by atoms with van der Waals surface area (Å²) in [6.07, 6.45) is 2.87. The number of hydrogen-bond acceptors (Lipinski definition) is 4. The summed E-state index contributed by atoms with van der Waals surface area (Å²) in [5.74, 6) is -0.0813. The second-order valence-corrected chi connectivity index (χ2v) is 8.93. The third kappa shape index (κ3) is 4.22. The van der Waals surface area contributed by atoms with Gasteiger partial charge in [-0.15, -0.1) is 12.4 Å². The first-order valence-corrected chi connectivity index (χ1v) is 10.5. The van der Waals surface area contributed by atoms with Crippen LogP contribution in [0.3, 0.4) is 0 Å². The maximum Gasteiger partial charge on any atom is 0.254 e. The van der Waals surface area contributed by atoms with E-state index in [1.54, 1.807) is 22.5 Å². The number of carbonyl (C=O) groups is 1. The van der Waals surface area contributed by atoms with Gasteiger partial charge in [0.25, 0.3) is 5.91 Å². The molecule has 0 saturated carbocycles. The van der Waals surface area contributed by atoms with E-state index in [9.17, 15) is 13.2 Å². The van der Waals surface area contributed by atoms with Crippen LogP contribution < -0.4 is 5.32 Å². The molecule has 2 saturated heterocycles. The smallest absolute Gasteiger partial charge is 0.254 e. The average Bonchev–Trinajstić information content (AvgIpc) is 2.62. The largest absolute Gasteiger partial charge is 0.333 e. The van der Waals surface area contributed by atoms with E-state index in [1.165, 1.54) is 0 Å². The molecule has 2 aliphatic rings. The number of piperazine rings is 1. The van der Waals surface area contributed by atoms with E-state index in [1.807, 2.05) is 18.7 Å². The van der Waals surface area contributed by atoms with Crippen molar-refractivity contribution in [2.24, 2.45) is 0 Å². The maximum absolute atomic E-state index is 13.0. The number of hydrogen-bond donors (Lipinski definition) is 1. The molecule has 0 bridgehead atoms. The Morgan fingerprint density at radius 2 is 1.85 bits per heavy atom. The molecule has 8 heteroatoms. The van der Waals surface area contributed by atoms with Gasteiger partial charge in [-0.05, 0) is 44.4 Å². The van der Waals surface area contributed by atoms with E-state index in [0.29, 0.717) is 25.2 Å². The predicted octanol–water partition coefficient (Wildman–Crippen LogP) is 2.03. The Morgan fingerprint density at radius 3 is 2.50 bits per heavy atom. The molecular weight excluding hydrogens is 374 g/mol. The molecule has 1 atom stereocenters. The summed E-state index contributed by atoms with van der Waals surface area (Å²) in [5, 5.41) is 3.27. The Kier molecular flexibility index (Phi) is 7.07. The van der Waals surface area contributed by atoms with Crippen molar-refractivity contribution in [3.8, 4) is 0 Å². The maximum atomic E-state index is 13.0. The summed E-state index contributed by atoms with van der Waals surface area (Å²) < 4.78 is 27.4. The Morgan fingerprint density at radius 1 is 1.15 bits per heavy atom. The van der Waals surface area contributed by atoms with Gasteiger partial charge in [-0.1, -0.05) is 12.5 Å². The lowest BCUT2D eigenvalue weighted by Crippen LogP contribution is -2.52. The zero-order chi connectivity index (χ0) is 18.0. The van der Waals surface area contributed by atoms with Crippen molar-refractivity contribution in [1.29, 1.82) is 0 Å². The number of sulfonamides is 1. The normalized spacial score (nSPS) is 21.9. The topological polar surface area (TPSA) is 69.7 Å². The second-order valence-electron chi connectivity index (χ2n) is 6.99. The highest BCUT2D eigenvalue weighted by atomic mass is 35.5. The third-order valence-corrected chi connectivity index (χ3v) is 7.05. The molecule has 0 spiro atoms. The molecule has 1 amide bonds. The highest BCUT2D eigenvalue weighted by molar-refractivity contribution is 7.89. The summed E-state index contributed by atoms with van der Waals surface area (Å²) in [4.78, 5) is 15.0. The number of aryl methyl sites for hydroxylation is 1. The number of carbonyl (C=O) groups excluding carboxylic acids is 1. The van der Waals surface area contributed by atoms with E-state index >= 15 is 0 Å². The van der Waals surface area contributed by atoms with Gasteiger partial charge in [0.15, 0.2) is 0 Å². The summed E-state index contributed by atoms with van der Waals surface area (Å²) in [6, 6.07) is 5.04. The molecular formula is C18H28ClN3O3S. The molecule has 1 aromatic rings. The minimum Gasteiger partial charge on any atom is -0.333 e. The van der Waals surface area contributed by atoms with Gasteiger partial charge in [-0.25, -0.2) is 8.42 Å². The van der Waals surface area contributed by atoms with Crippen molar-refractivity contribution in [3.63, 3.8) is 0 Å².